The molecule has 4 nitrogen and oxygen atoms in total. The molecule has 1 unspecified atom stereocenters. The molecule has 1 aliphatic carbocycles. The topological polar surface area (TPSA) is 43.8 Å². The average Bonchev–Trinajstić information content (AvgIpc) is 2.92. The molecule has 6 heteroatoms. The van der Waals surface area contributed by atoms with Crippen molar-refractivity contribution in [2.45, 2.75) is 57.1 Å². The Balaban J connectivity index is 1.53. The zero-order valence-electron chi connectivity index (χ0n) is 15.0. The standard InChI is InChI=1S/C20H26Cl2N2O2/c21-16-3-1-4-17(22)18(16)23-11-2-9-20(13-23)10-12-24(19(20)26)14-5-7-15(25)8-6-14/h1,3-4,14-15,25H,2,5-13H2. The number of anilines is 1. The van der Waals surface area contributed by atoms with Crippen molar-refractivity contribution in [3.8, 4) is 0 Å². The van der Waals surface area contributed by atoms with Crippen LogP contribution in [0.1, 0.15) is 44.9 Å². The van der Waals surface area contributed by atoms with Gasteiger partial charge in [0.15, 0.2) is 0 Å². The summed E-state index contributed by atoms with van der Waals surface area (Å²) in [5, 5.41) is 11.1. The number of piperidine rings is 1. The Morgan fingerprint density at radius 3 is 2.42 bits per heavy atom. The first kappa shape index (κ1) is 18.4. The molecule has 142 valence electrons. The van der Waals surface area contributed by atoms with Crippen molar-refractivity contribution in [2.24, 2.45) is 5.41 Å². The largest absolute Gasteiger partial charge is 0.393 e. The molecule has 1 N–H and O–H groups in total. The minimum absolute atomic E-state index is 0.189. The number of rotatable bonds is 2. The fraction of sp³-hybridized carbons (Fsp3) is 0.650. The second-order valence-electron chi connectivity index (χ2n) is 8.09. The molecule has 1 atom stereocenters. The van der Waals surface area contributed by atoms with Gasteiger partial charge in [0.2, 0.25) is 5.91 Å². The summed E-state index contributed by atoms with van der Waals surface area (Å²) in [5.74, 6) is 0.298. The number of hydrogen-bond donors (Lipinski definition) is 1. The molecule has 3 fully saturated rings. The number of benzene rings is 1. The van der Waals surface area contributed by atoms with E-state index in [1.54, 1.807) is 0 Å². The van der Waals surface area contributed by atoms with Crippen LogP contribution >= 0.6 is 23.2 Å². The molecule has 2 aliphatic heterocycles. The molecule has 2 saturated heterocycles. The van der Waals surface area contributed by atoms with Crippen LogP contribution in [-0.4, -0.2) is 47.7 Å². The zero-order chi connectivity index (χ0) is 18.3. The van der Waals surface area contributed by atoms with Crippen LogP contribution in [0.15, 0.2) is 18.2 Å². The van der Waals surface area contributed by atoms with Gasteiger partial charge in [-0.05, 0) is 57.1 Å². The van der Waals surface area contributed by atoms with Gasteiger partial charge in [0.1, 0.15) is 0 Å². The van der Waals surface area contributed by atoms with Gasteiger partial charge in [-0.2, -0.15) is 0 Å². The molecule has 1 saturated carbocycles. The maximum absolute atomic E-state index is 13.4. The van der Waals surface area contributed by atoms with Crippen LogP contribution < -0.4 is 4.90 Å². The Hall–Kier alpha value is -0.970. The number of carbonyl (C=O) groups is 1. The number of aliphatic hydroxyl groups excluding tert-OH is 1. The van der Waals surface area contributed by atoms with Gasteiger partial charge < -0.3 is 14.9 Å². The first-order valence-corrected chi connectivity index (χ1v) is 10.4. The van der Waals surface area contributed by atoms with E-state index >= 15 is 0 Å². The van der Waals surface area contributed by atoms with Crippen LogP contribution in [0.25, 0.3) is 0 Å². The number of carbonyl (C=O) groups excluding carboxylic acids is 1. The monoisotopic (exact) mass is 396 g/mol. The van der Waals surface area contributed by atoms with Crippen molar-refractivity contribution >= 4 is 34.8 Å². The molecule has 2 heterocycles. The van der Waals surface area contributed by atoms with E-state index in [1.807, 2.05) is 18.2 Å². The van der Waals surface area contributed by atoms with Crippen molar-refractivity contribution in [1.82, 2.24) is 4.90 Å². The summed E-state index contributed by atoms with van der Waals surface area (Å²) in [7, 11) is 0. The van der Waals surface area contributed by atoms with E-state index in [2.05, 4.69) is 9.80 Å². The lowest BCUT2D eigenvalue weighted by molar-refractivity contribution is -0.139. The van der Waals surface area contributed by atoms with Crippen LogP contribution in [0.4, 0.5) is 5.69 Å². The molecule has 0 radical (unpaired) electrons. The van der Waals surface area contributed by atoms with Gasteiger partial charge in [0.25, 0.3) is 0 Å². The average molecular weight is 397 g/mol. The Labute approximate surface area is 165 Å². The van der Waals surface area contributed by atoms with Crippen LogP contribution in [0, 0.1) is 5.41 Å². The summed E-state index contributed by atoms with van der Waals surface area (Å²) in [5.41, 5.74) is 0.554. The number of amides is 1. The molecule has 1 spiro atoms. The van der Waals surface area contributed by atoms with Gasteiger partial charge >= 0.3 is 0 Å². The van der Waals surface area contributed by atoms with E-state index in [4.69, 9.17) is 23.2 Å². The lowest BCUT2D eigenvalue weighted by Gasteiger charge is -2.42. The minimum Gasteiger partial charge on any atom is -0.393 e. The lowest BCUT2D eigenvalue weighted by atomic mass is 9.78. The Bertz CT molecular complexity index is 670. The van der Waals surface area contributed by atoms with E-state index in [0.717, 1.165) is 63.7 Å². The maximum atomic E-state index is 13.4. The third kappa shape index (κ3) is 3.21. The van der Waals surface area contributed by atoms with Crippen LogP contribution in [0.5, 0.6) is 0 Å². The lowest BCUT2D eigenvalue weighted by Crippen LogP contribution is -2.50. The predicted molar refractivity (Wildman–Crippen MR) is 105 cm³/mol. The summed E-state index contributed by atoms with van der Waals surface area (Å²) in [4.78, 5) is 17.7. The predicted octanol–water partition coefficient (Wildman–Crippen LogP) is 4.12. The number of aliphatic hydroxyl groups is 1. The van der Waals surface area contributed by atoms with Crippen molar-refractivity contribution in [3.05, 3.63) is 28.2 Å². The normalized spacial score (nSPS) is 32.5. The fourth-order valence-corrected chi connectivity index (χ4v) is 5.69. The highest BCUT2D eigenvalue weighted by Gasteiger charge is 2.50. The maximum Gasteiger partial charge on any atom is 0.230 e. The van der Waals surface area contributed by atoms with Crippen LogP contribution in [0.2, 0.25) is 10.0 Å². The number of hydrogen-bond acceptors (Lipinski definition) is 3. The van der Waals surface area contributed by atoms with E-state index in [0.29, 0.717) is 28.5 Å². The minimum atomic E-state index is -0.309. The van der Waals surface area contributed by atoms with Crippen molar-refractivity contribution in [2.75, 3.05) is 24.5 Å². The van der Waals surface area contributed by atoms with Gasteiger partial charge in [0, 0.05) is 25.7 Å². The van der Waals surface area contributed by atoms with E-state index in [-0.39, 0.29) is 11.5 Å². The van der Waals surface area contributed by atoms with Crippen LogP contribution in [-0.2, 0) is 4.79 Å². The van der Waals surface area contributed by atoms with Gasteiger partial charge in [-0.25, -0.2) is 0 Å². The molecule has 26 heavy (non-hydrogen) atoms. The summed E-state index contributed by atoms with van der Waals surface area (Å²) >= 11 is 12.8. The van der Waals surface area contributed by atoms with Gasteiger partial charge in [-0.3, -0.25) is 4.79 Å². The molecule has 1 aromatic rings. The summed E-state index contributed by atoms with van der Waals surface area (Å²) in [6.45, 7) is 2.42. The smallest absolute Gasteiger partial charge is 0.230 e. The molecule has 4 rings (SSSR count). The highest BCUT2D eigenvalue weighted by Crippen LogP contribution is 2.45. The third-order valence-corrected chi connectivity index (χ3v) is 7.09. The summed E-state index contributed by atoms with van der Waals surface area (Å²) in [6.07, 6.45) is 6.09. The Kier molecular flexibility index (Phi) is 5.10. The highest BCUT2D eigenvalue weighted by atomic mass is 35.5. The Morgan fingerprint density at radius 1 is 1.04 bits per heavy atom. The van der Waals surface area contributed by atoms with Crippen molar-refractivity contribution in [3.63, 3.8) is 0 Å². The van der Waals surface area contributed by atoms with Gasteiger partial charge in [-0.15, -0.1) is 0 Å². The van der Waals surface area contributed by atoms with Crippen molar-refractivity contribution < 1.29 is 9.90 Å². The van der Waals surface area contributed by atoms with Crippen molar-refractivity contribution in [1.29, 1.82) is 0 Å². The number of nitrogens with zero attached hydrogens (tertiary/aromatic N) is 2. The first-order chi connectivity index (χ1) is 12.5. The molecule has 0 aromatic heterocycles. The van der Waals surface area contributed by atoms with E-state index < -0.39 is 0 Å². The highest BCUT2D eigenvalue weighted by molar-refractivity contribution is 6.39. The molecule has 1 amide bonds. The Morgan fingerprint density at radius 2 is 1.73 bits per heavy atom. The second-order valence-corrected chi connectivity index (χ2v) is 8.90. The number of para-hydroxylation sites is 1. The molecule has 0 bridgehead atoms. The second kappa shape index (κ2) is 7.21. The number of likely N-dealkylation sites (tertiary alicyclic amines) is 1. The van der Waals surface area contributed by atoms with Crippen LogP contribution in [0.3, 0.4) is 0 Å². The first-order valence-electron chi connectivity index (χ1n) is 9.68. The fourth-order valence-electron chi connectivity index (χ4n) is 5.06. The SMILES string of the molecule is O=C1N(C2CCC(O)CC2)CCC12CCCN(c1c(Cl)cccc1Cl)C2. The summed E-state index contributed by atoms with van der Waals surface area (Å²) in [6, 6.07) is 5.87. The zero-order valence-corrected chi connectivity index (χ0v) is 16.5. The van der Waals surface area contributed by atoms with E-state index in [1.165, 1.54) is 0 Å². The van der Waals surface area contributed by atoms with E-state index in [9.17, 15) is 9.90 Å². The van der Waals surface area contributed by atoms with Gasteiger partial charge in [-0.1, -0.05) is 29.3 Å². The number of halogens is 2. The summed E-state index contributed by atoms with van der Waals surface area (Å²) < 4.78 is 0. The molecule has 3 aliphatic rings. The molecular formula is C20H26Cl2N2O2. The molecular weight excluding hydrogens is 371 g/mol. The third-order valence-electron chi connectivity index (χ3n) is 6.48. The quantitative estimate of drug-likeness (QED) is 0.817. The van der Waals surface area contributed by atoms with Gasteiger partial charge in [0.05, 0.1) is 27.3 Å². The molecule has 1 aromatic carbocycles.